The van der Waals surface area contributed by atoms with E-state index in [1.807, 2.05) is 13.8 Å². The van der Waals surface area contributed by atoms with Gasteiger partial charge in [0.05, 0.1) is 10.5 Å². The highest BCUT2D eigenvalue weighted by molar-refractivity contribution is 5.75. The Bertz CT molecular complexity index is 652. The normalized spacial score (nSPS) is 11.0. The van der Waals surface area contributed by atoms with Gasteiger partial charge in [-0.2, -0.15) is 0 Å². The topological polar surface area (TPSA) is 95.2 Å². The average Bonchev–Trinajstić information content (AvgIpc) is 2.70. The van der Waals surface area contributed by atoms with Gasteiger partial charge in [-0.1, -0.05) is 19.0 Å². The van der Waals surface area contributed by atoms with Crippen LogP contribution >= 0.6 is 0 Å². The van der Waals surface area contributed by atoms with Gasteiger partial charge in [-0.05, 0) is 24.5 Å². The van der Waals surface area contributed by atoms with Crippen molar-refractivity contribution in [1.82, 2.24) is 5.16 Å². The lowest BCUT2D eigenvalue weighted by atomic mass is 9.98. The Labute approximate surface area is 114 Å². The molecule has 1 aromatic heterocycles. The van der Waals surface area contributed by atoms with E-state index in [1.54, 1.807) is 0 Å². The number of hydrogen-bond acceptors (Lipinski definition) is 5. The summed E-state index contributed by atoms with van der Waals surface area (Å²) in [6, 6.07) is 3.21. The Hall–Kier alpha value is -2.44. The molecule has 1 aromatic carbocycles. The van der Waals surface area contributed by atoms with E-state index in [4.69, 9.17) is 10.3 Å². The monoisotopic (exact) mass is 279 g/mol. The third kappa shape index (κ3) is 2.61. The van der Waals surface area contributed by atoms with Crippen LogP contribution in [0.1, 0.15) is 19.4 Å². The summed E-state index contributed by atoms with van der Waals surface area (Å²) in [6.07, 6.45) is 0.540. The molecule has 0 atom stereocenters. The summed E-state index contributed by atoms with van der Waals surface area (Å²) in [5.74, 6) is -0.224. The van der Waals surface area contributed by atoms with Crippen LogP contribution in [0, 0.1) is 21.8 Å². The first kappa shape index (κ1) is 14.0. The lowest BCUT2D eigenvalue weighted by molar-refractivity contribution is -0.384. The number of nitrogens with two attached hydrogens (primary N) is 1. The summed E-state index contributed by atoms with van der Waals surface area (Å²) in [4.78, 5) is 10.5. The van der Waals surface area contributed by atoms with Crippen LogP contribution in [-0.2, 0) is 6.42 Å². The predicted octanol–water partition coefficient (Wildman–Crippen LogP) is 3.17. The molecule has 0 aliphatic carbocycles. The molecule has 2 N–H and O–H groups in total. The molecule has 7 heteroatoms. The predicted molar refractivity (Wildman–Crippen MR) is 71.5 cm³/mol. The number of hydrogen-bond donors (Lipinski definition) is 1. The van der Waals surface area contributed by atoms with E-state index in [1.165, 1.54) is 0 Å². The number of halogens is 1. The molecule has 20 heavy (non-hydrogen) atoms. The maximum absolute atomic E-state index is 13.4. The van der Waals surface area contributed by atoms with Crippen molar-refractivity contribution in [2.75, 3.05) is 5.73 Å². The van der Waals surface area contributed by atoms with Crippen molar-refractivity contribution in [3.63, 3.8) is 0 Å². The van der Waals surface area contributed by atoms with E-state index in [9.17, 15) is 14.5 Å². The van der Waals surface area contributed by atoms with Crippen LogP contribution in [0.2, 0.25) is 0 Å². The van der Waals surface area contributed by atoms with Crippen LogP contribution in [0.15, 0.2) is 22.7 Å². The Balaban J connectivity index is 2.62. The first-order valence-electron chi connectivity index (χ1n) is 6.08. The van der Waals surface area contributed by atoms with Crippen molar-refractivity contribution >= 4 is 11.6 Å². The van der Waals surface area contributed by atoms with Crippen LogP contribution < -0.4 is 5.73 Å². The van der Waals surface area contributed by atoms with E-state index in [2.05, 4.69) is 5.16 Å². The second kappa shape index (κ2) is 5.28. The number of anilines is 1. The fourth-order valence-corrected chi connectivity index (χ4v) is 2.00. The quantitative estimate of drug-likeness (QED) is 0.685. The minimum absolute atomic E-state index is 0.0751. The summed E-state index contributed by atoms with van der Waals surface area (Å²) in [7, 11) is 0. The Morgan fingerprint density at radius 1 is 1.50 bits per heavy atom. The molecule has 0 spiro atoms. The van der Waals surface area contributed by atoms with E-state index in [0.29, 0.717) is 12.0 Å². The highest BCUT2D eigenvalue weighted by Gasteiger charge is 2.24. The van der Waals surface area contributed by atoms with Gasteiger partial charge in [-0.3, -0.25) is 10.1 Å². The van der Waals surface area contributed by atoms with E-state index in [0.717, 1.165) is 18.2 Å². The molecular formula is C13H14FN3O3. The molecular weight excluding hydrogens is 265 g/mol. The number of benzene rings is 1. The molecule has 0 aliphatic heterocycles. The van der Waals surface area contributed by atoms with Crippen molar-refractivity contribution in [2.45, 2.75) is 20.3 Å². The Kier molecular flexibility index (Phi) is 3.69. The number of aromatic nitrogens is 1. The van der Waals surface area contributed by atoms with Crippen LogP contribution in [-0.4, -0.2) is 10.1 Å². The SMILES string of the molecule is CC(C)Cc1c(-c2cc(F)ccc2[N+](=O)[O-])noc1N. The third-order valence-corrected chi connectivity index (χ3v) is 2.84. The molecule has 106 valence electrons. The zero-order chi connectivity index (χ0) is 14.9. The molecule has 0 saturated carbocycles. The fraction of sp³-hybridized carbons (Fsp3) is 0.308. The minimum Gasteiger partial charge on any atom is -0.367 e. The van der Waals surface area contributed by atoms with Crippen LogP contribution in [0.3, 0.4) is 0 Å². The summed E-state index contributed by atoms with van der Waals surface area (Å²) in [6.45, 7) is 3.94. The van der Waals surface area contributed by atoms with Gasteiger partial charge in [0.15, 0.2) is 0 Å². The molecule has 0 bridgehead atoms. The Morgan fingerprint density at radius 3 is 2.80 bits per heavy atom. The first-order chi connectivity index (χ1) is 9.40. The van der Waals surface area contributed by atoms with Gasteiger partial charge < -0.3 is 10.3 Å². The molecule has 0 radical (unpaired) electrons. The maximum atomic E-state index is 13.4. The molecule has 6 nitrogen and oxygen atoms in total. The molecule has 0 unspecified atom stereocenters. The number of nitrogens with zero attached hydrogens (tertiary/aromatic N) is 2. The standard InChI is InChI=1S/C13H14FN3O3/c1-7(2)5-10-12(16-20-13(10)15)9-6-8(14)3-4-11(9)17(18)19/h3-4,6-7H,5,15H2,1-2H3. The van der Waals surface area contributed by atoms with Gasteiger partial charge >= 0.3 is 0 Å². The van der Waals surface area contributed by atoms with E-state index >= 15 is 0 Å². The van der Waals surface area contributed by atoms with Gasteiger partial charge in [0.2, 0.25) is 5.88 Å². The van der Waals surface area contributed by atoms with Crippen LogP contribution in [0.5, 0.6) is 0 Å². The molecule has 0 fully saturated rings. The van der Waals surface area contributed by atoms with Gasteiger partial charge in [0.1, 0.15) is 11.5 Å². The Morgan fingerprint density at radius 2 is 2.20 bits per heavy atom. The summed E-state index contributed by atoms with van der Waals surface area (Å²) in [5.41, 5.74) is 6.33. The zero-order valence-electron chi connectivity index (χ0n) is 11.1. The third-order valence-electron chi connectivity index (χ3n) is 2.84. The van der Waals surface area contributed by atoms with E-state index in [-0.39, 0.29) is 28.7 Å². The van der Waals surface area contributed by atoms with E-state index < -0.39 is 10.7 Å². The second-order valence-corrected chi connectivity index (χ2v) is 4.89. The van der Waals surface area contributed by atoms with Crippen LogP contribution in [0.4, 0.5) is 16.0 Å². The summed E-state index contributed by atoms with van der Waals surface area (Å²) in [5, 5.41) is 14.8. The van der Waals surface area contributed by atoms with Gasteiger partial charge in [0.25, 0.3) is 5.69 Å². The first-order valence-corrected chi connectivity index (χ1v) is 6.08. The van der Waals surface area contributed by atoms with Crippen molar-refractivity contribution < 1.29 is 13.8 Å². The number of rotatable bonds is 4. The highest BCUT2D eigenvalue weighted by atomic mass is 19.1. The largest absolute Gasteiger partial charge is 0.367 e. The fourth-order valence-electron chi connectivity index (χ4n) is 2.00. The van der Waals surface area contributed by atoms with Crippen molar-refractivity contribution in [3.8, 4) is 11.3 Å². The van der Waals surface area contributed by atoms with Gasteiger partial charge in [0, 0.05) is 11.6 Å². The maximum Gasteiger partial charge on any atom is 0.279 e. The summed E-state index contributed by atoms with van der Waals surface area (Å²) >= 11 is 0. The second-order valence-electron chi connectivity index (χ2n) is 4.89. The average molecular weight is 279 g/mol. The zero-order valence-corrected chi connectivity index (χ0v) is 11.1. The lowest BCUT2D eigenvalue weighted by Gasteiger charge is -2.06. The molecule has 0 aliphatic rings. The highest BCUT2D eigenvalue weighted by Crippen LogP contribution is 2.35. The molecule has 1 heterocycles. The van der Waals surface area contributed by atoms with Gasteiger partial charge in [-0.15, -0.1) is 0 Å². The summed E-state index contributed by atoms with van der Waals surface area (Å²) < 4.78 is 18.3. The number of nitrogen functional groups attached to an aromatic ring is 1. The molecule has 0 amide bonds. The van der Waals surface area contributed by atoms with Gasteiger partial charge in [-0.25, -0.2) is 4.39 Å². The lowest BCUT2D eigenvalue weighted by Crippen LogP contribution is -2.00. The minimum atomic E-state index is -0.585. The van der Waals surface area contributed by atoms with Crippen LogP contribution in [0.25, 0.3) is 11.3 Å². The number of nitro benzene ring substituents is 1. The molecule has 2 aromatic rings. The number of nitro groups is 1. The van der Waals surface area contributed by atoms with Crippen molar-refractivity contribution in [1.29, 1.82) is 0 Å². The van der Waals surface area contributed by atoms with Crippen molar-refractivity contribution in [2.24, 2.45) is 5.92 Å². The smallest absolute Gasteiger partial charge is 0.279 e. The van der Waals surface area contributed by atoms with Crippen molar-refractivity contribution in [3.05, 3.63) is 39.7 Å². The molecule has 2 rings (SSSR count). The molecule has 0 saturated heterocycles.